The molecule has 1 aromatic carbocycles. The van der Waals surface area contributed by atoms with Crippen LogP contribution in [0.15, 0.2) is 16.7 Å². The fourth-order valence-electron chi connectivity index (χ4n) is 2.96. The highest BCUT2D eigenvalue weighted by molar-refractivity contribution is 6.62. The zero-order valence-electron chi connectivity index (χ0n) is 18.8. The van der Waals surface area contributed by atoms with Crippen LogP contribution >= 0.6 is 0 Å². The summed E-state index contributed by atoms with van der Waals surface area (Å²) >= 11 is 0. The molecule has 0 spiro atoms. The van der Waals surface area contributed by atoms with Gasteiger partial charge < -0.3 is 19.1 Å². The van der Waals surface area contributed by atoms with E-state index in [1.165, 1.54) is 0 Å². The van der Waals surface area contributed by atoms with E-state index in [1.807, 2.05) is 48.5 Å². The first kappa shape index (κ1) is 22.4. The molecule has 3 rings (SSSR count). The fraction of sp³-hybridized carbons (Fsp3) is 0.571. The van der Waals surface area contributed by atoms with Gasteiger partial charge in [0.25, 0.3) is 11.7 Å². The van der Waals surface area contributed by atoms with Crippen LogP contribution in [0.2, 0.25) is 0 Å². The van der Waals surface area contributed by atoms with Crippen LogP contribution in [0, 0.1) is 12.7 Å². The number of amides is 1. The van der Waals surface area contributed by atoms with Crippen molar-refractivity contribution in [3.8, 4) is 0 Å². The Bertz CT molecular complexity index is 950. The van der Waals surface area contributed by atoms with Crippen LogP contribution in [0.3, 0.4) is 0 Å². The second-order valence-electron chi connectivity index (χ2n) is 9.70. The molecule has 0 aliphatic carbocycles. The summed E-state index contributed by atoms with van der Waals surface area (Å²) in [4.78, 5) is 16.5. The number of benzene rings is 1. The molecule has 1 aliphatic heterocycles. The number of nitrogens with one attached hydrogen (secondary N) is 1. The lowest BCUT2D eigenvalue weighted by molar-refractivity contribution is 0.00578. The summed E-state index contributed by atoms with van der Waals surface area (Å²) in [7, 11) is -0.785. The Labute approximate surface area is 176 Å². The monoisotopic (exact) mass is 417 g/mol. The van der Waals surface area contributed by atoms with Crippen LogP contribution < -0.4 is 10.8 Å². The number of halogens is 1. The van der Waals surface area contributed by atoms with E-state index in [-0.39, 0.29) is 17.8 Å². The summed E-state index contributed by atoms with van der Waals surface area (Å²) in [6, 6.07) is 3.40. The van der Waals surface area contributed by atoms with Crippen molar-refractivity contribution in [2.24, 2.45) is 0 Å². The van der Waals surface area contributed by atoms with Crippen LogP contribution in [0.5, 0.6) is 0 Å². The summed E-state index contributed by atoms with van der Waals surface area (Å²) in [5, 5.41) is 6.43. The van der Waals surface area contributed by atoms with Crippen LogP contribution in [0.25, 0.3) is 0 Å². The quantitative estimate of drug-likeness (QED) is 0.770. The number of nitrogens with zero attached hydrogens (tertiary/aromatic N) is 2. The van der Waals surface area contributed by atoms with Gasteiger partial charge in [0.2, 0.25) is 5.89 Å². The first-order chi connectivity index (χ1) is 13.7. The van der Waals surface area contributed by atoms with Crippen molar-refractivity contribution < 1.29 is 23.0 Å². The highest BCUT2D eigenvalue weighted by atomic mass is 19.1. The van der Waals surface area contributed by atoms with E-state index in [9.17, 15) is 4.79 Å². The molecule has 2 heterocycles. The van der Waals surface area contributed by atoms with E-state index in [0.717, 1.165) is 0 Å². The molecule has 0 bridgehead atoms. The average Bonchev–Trinajstić information content (AvgIpc) is 3.19. The molecular weight excluding hydrogens is 388 g/mol. The molecule has 1 aromatic heterocycles. The smallest absolute Gasteiger partial charge is 0.399 e. The molecule has 2 aromatic rings. The molecule has 0 unspecified atom stereocenters. The van der Waals surface area contributed by atoms with Gasteiger partial charge in [0.15, 0.2) is 0 Å². The summed E-state index contributed by atoms with van der Waals surface area (Å²) < 4.78 is 32.1. The third kappa shape index (κ3) is 4.13. The Hall–Kier alpha value is -2.26. The summed E-state index contributed by atoms with van der Waals surface area (Å²) in [5.74, 6) is -0.563. The minimum Gasteiger partial charge on any atom is -0.399 e. The lowest BCUT2D eigenvalue weighted by Gasteiger charge is -2.32. The predicted molar refractivity (Wildman–Crippen MR) is 111 cm³/mol. The van der Waals surface area contributed by atoms with Gasteiger partial charge >= 0.3 is 7.12 Å². The maximum atomic E-state index is 15.1. The number of carbonyl (C=O) groups is 1. The van der Waals surface area contributed by atoms with Gasteiger partial charge in [-0.15, -0.1) is 0 Å². The molecule has 162 valence electrons. The number of carbonyl (C=O) groups excluding carboxylic acids is 1. The summed E-state index contributed by atoms with van der Waals surface area (Å²) in [5.41, 5.74) is -0.0578. The highest BCUT2D eigenvalue weighted by Crippen LogP contribution is 2.36. The lowest BCUT2D eigenvalue weighted by Crippen LogP contribution is -2.41. The van der Waals surface area contributed by atoms with E-state index in [2.05, 4.69) is 15.5 Å². The average molecular weight is 417 g/mol. The maximum Gasteiger partial charge on any atom is 0.497 e. The molecule has 1 fully saturated rings. The normalized spacial score (nSPS) is 18.0. The van der Waals surface area contributed by atoms with E-state index >= 15 is 4.39 Å². The molecule has 0 atom stereocenters. The Kier molecular flexibility index (Phi) is 5.58. The molecule has 30 heavy (non-hydrogen) atoms. The van der Waals surface area contributed by atoms with Gasteiger partial charge in [-0.1, -0.05) is 38.1 Å². The topological polar surface area (TPSA) is 86.5 Å². The van der Waals surface area contributed by atoms with Gasteiger partial charge in [-0.3, -0.25) is 4.79 Å². The minimum absolute atomic E-state index is 0.0492. The molecular formula is C21H29BFN3O4. The molecule has 0 radical (unpaired) electrons. The van der Waals surface area contributed by atoms with E-state index in [0.29, 0.717) is 22.5 Å². The highest BCUT2D eigenvalue weighted by Gasteiger charge is 2.52. The van der Waals surface area contributed by atoms with Gasteiger partial charge in [-0.2, -0.15) is 4.98 Å². The van der Waals surface area contributed by atoms with Gasteiger partial charge in [0, 0.05) is 17.4 Å². The third-order valence-corrected chi connectivity index (χ3v) is 5.75. The lowest BCUT2D eigenvalue weighted by atomic mass is 9.77. The van der Waals surface area contributed by atoms with Gasteiger partial charge in [-0.05, 0) is 45.7 Å². The third-order valence-electron chi connectivity index (χ3n) is 5.75. The van der Waals surface area contributed by atoms with Gasteiger partial charge in [-0.25, -0.2) is 4.39 Å². The number of aromatic nitrogens is 2. The van der Waals surface area contributed by atoms with Crippen molar-refractivity contribution in [1.82, 2.24) is 15.5 Å². The molecule has 9 heteroatoms. The molecule has 0 saturated carbocycles. The van der Waals surface area contributed by atoms with Crippen LogP contribution in [0.4, 0.5) is 4.39 Å². The molecule has 1 saturated heterocycles. The molecule has 7 nitrogen and oxygen atoms in total. The Morgan fingerprint density at radius 1 is 1.17 bits per heavy atom. The van der Waals surface area contributed by atoms with Crippen molar-refractivity contribution in [3.05, 3.63) is 40.8 Å². The van der Waals surface area contributed by atoms with Crippen molar-refractivity contribution in [3.63, 3.8) is 0 Å². The van der Waals surface area contributed by atoms with Crippen molar-refractivity contribution >= 4 is 18.5 Å². The van der Waals surface area contributed by atoms with Gasteiger partial charge in [0.1, 0.15) is 5.82 Å². The molecule has 1 aliphatic rings. The molecule has 1 amide bonds. The van der Waals surface area contributed by atoms with Crippen LogP contribution in [0.1, 0.15) is 76.1 Å². The first-order valence-electron chi connectivity index (χ1n) is 9.99. The van der Waals surface area contributed by atoms with Crippen molar-refractivity contribution in [2.75, 3.05) is 0 Å². The maximum absolute atomic E-state index is 15.1. The SMILES string of the molecule is Cc1c(CNC(=O)c2noc(C(C)(C)C)n2)ccc(B2OC(C)(C)C(C)(C)O2)c1F. The van der Waals surface area contributed by atoms with Crippen molar-refractivity contribution in [2.45, 2.75) is 78.6 Å². The predicted octanol–water partition coefficient (Wildman–Crippen LogP) is 3.04. The summed E-state index contributed by atoms with van der Waals surface area (Å²) in [6.45, 7) is 15.2. The Balaban J connectivity index is 1.72. The first-order valence-corrected chi connectivity index (χ1v) is 9.99. The standard InChI is InChI=1S/C21H29BFN3O4/c1-12-13(11-24-17(27)16-25-18(28-26-16)19(2,3)4)9-10-14(15(12)23)22-29-20(5,6)21(7,8)30-22/h9-10H,11H2,1-8H3,(H,24,27). The Morgan fingerprint density at radius 2 is 1.77 bits per heavy atom. The van der Waals surface area contributed by atoms with E-state index in [1.54, 1.807) is 19.1 Å². The second-order valence-corrected chi connectivity index (χ2v) is 9.70. The number of rotatable bonds is 4. The zero-order valence-corrected chi connectivity index (χ0v) is 18.8. The minimum atomic E-state index is -0.785. The number of hydrogen-bond acceptors (Lipinski definition) is 6. The Morgan fingerprint density at radius 3 is 2.30 bits per heavy atom. The molecule has 1 N–H and O–H groups in total. The van der Waals surface area contributed by atoms with Crippen LogP contribution in [-0.2, 0) is 21.3 Å². The number of hydrogen-bond donors (Lipinski definition) is 1. The fourth-order valence-corrected chi connectivity index (χ4v) is 2.96. The summed E-state index contributed by atoms with van der Waals surface area (Å²) in [6.07, 6.45) is 0. The zero-order chi connectivity index (χ0) is 22.5. The largest absolute Gasteiger partial charge is 0.497 e. The van der Waals surface area contributed by atoms with E-state index in [4.69, 9.17) is 13.8 Å². The van der Waals surface area contributed by atoms with Crippen molar-refractivity contribution in [1.29, 1.82) is 0 Å². The van der Waals surface area contributed by atoms with Gasteiger partial charge in [0.05, 0.1) is 11.2 Å². The second kappa shape index (κ2) is 7.46. The van der Waals surface area contributed by atoms with E-state index < -0.39 is 30.0 Å². The van der Waals surface area contributed by atoms with Crippen LogP contribution in [-0.4, -0.2) is 34.4 Å².